The standard InChI is InChI=1S/C21H21NO3/c23-19-11-5-7-13-21(19)25-15-14-24-20-12-6-4-10-18(20)22-16-17-8-2-1-3-9-17/h1-13,22-23H,14-16H2. The van der Waals surface area contributed by atoms with E-state index in [4.69, 9.17) is 9.47 Å². The van der Waals surface area contributed by atoms with Crippen LogP contribution in [0.25, 0.3) is 0 Å². The fourth-order valence-electron chi connectivity index (χ4n) is 2.41. The Balaban J connectivity index is 1.51. The number of para-hydroxylation sites is 4. The van der Waals surface area contributed by atoms with Crippen molar-refractivity contribution < 1.29 is 14.6 Å². The van der Waals surface area contributed by atoms with Crippen LogP contribution in [-0.4, -0.2) is 18.3 Å². The molecule has 0 spiro atoms. The molecule has 0 unspecified atom stereocenters. The second-order valence-corrected chi connectivity index (χ2v) is 5.50. The van der Waals surface area contributed by atoms with E-state index in [0.717, 1.165) is 18.0 Å². The highest BCUT2D eigenvalue weighted by Gasteiger charge is 2.04. The molecule has 128 valence electrons. The molecule has 0 fully saturated rings. The van der Waals surface area contributed by atoms with Gasteiger partial charge in [0, 0.05) is 6.54 Å². The Hall–Kier alpha value is -3.14. The van der Waals surface area contributed by atoms with Crippen LogP contribution >= 0.6 is 0 Å². The van der Waals surface area contributed by atoms with E-state index >= 15 is 0 Å². The maximum absolute atomic E-state index is 9.67. The van der Waals surface area contributed by atoms with Gasteiger partial charge in [-0.1, -0.05) is 54.6 Å². The lowest BCUT2D eigenvalue weighted by Crippen LogP contribution is -2.10. The van der Waals surface area contributed by atoms with Gasteiger partial charge in [0.25, 0.3) is 0 Å². The lowest BCUT2D eigenvalue weighted by atomic mass is 10.2. The van der Waals surface area contributed by atoms with E-state index in [1.165, 1.54) is 5.56 Å². The van der Waals surface area contributed by atoms with Gasteiger partial charge in [-0.15, -0.1) is 0 Å². The molecule has 4 heteroatoms. The van der Waals surface area contributed by atoms with Crippen LogP contribution < -0.4 is 14.8 Å². The SMILES string of the molecule is Oc1ccccc1OCCOc1ccccc1NCc1ccccc1. The van der Waals surface area contributed by atoms with Crippen molar-refractivity contribution in [3.63, 3.8) is 0 Å². The predicted octanol–water partition coefficient (Wildman–Crippen LogP) is 4.46. The van der Waals surface area contributed by atoms with Crippen LogP contribution in [-0.2, 0) is 6.54 Å². The first-order valence-corrected chi connectivity index (χ1v) is 8.23. The second kappa shape index (κ2) is 8.64. The lowest BCUT2D eigenvalue weighted by Gasteiger charge is -2.14. The van der Waals surface area contributed by atoms with Crippen LogP contribution in [0.2, 0.25) is 0 Å². The minimum Gasteiger partial charge on any atom is -0.504 e. The molecular formula is C21H21NO3. The topological polar surface area (TPSA) is 50.7 Å². The molecule has 0 aliphatic rings. The molecule has 0 bridgehead atoms. The number of phenols is 1. The molecular weight excluding hydrogens is 314 g/mol. The van der Waals surface area contributed by atoms with E-state index in [1.54, 1.807) is 18.2 Å². The van der Waals surface area contributed by atoms with Crippen molar-refractivity contribution in [2.75, 3.05) is 18.5 Å². The molecule has 4 nitrogen and oxygen atoms in total. The van der Waals surface area contributed by atoms with Crippen LogP contribution in [0.1, 0.15) is 5.56 Å². The summed E-state index contributed by atoms with van der Waals surface area (Å²) < 4.78 is 11.4. The summed E-state index contributed by atoms with van der Waals surface area (Å²) in [4.78, 5) is 0. The summed E-state index contributed by atoms with van der Waals surface area (Å²) in [6.45, 7) is 1.47. The third kappa shape index (κ3) is 4.91. The molecule has 0 atom stereocenters. The second-order valence-electron chi connectivity index (χ2n) is 5.50. The number of aromatic hydroxyl groups is 1. The van der Waals surface area contributed by atoms with Gasteiger partial charge in [-0.2, -0.15) is 0 Å². The molecule has 0 radical (unpaired) electrons. The third-order valence-electron chi connectivity index (χ3n) is 3.68. The van der Waals surface area contributed by atoms with Gasteiger partial charge in [0.05, 0.1) is 5.69 Å². The van der Waals surface area contributed by atoms with E-state index < -0.39 is 0 Å². The number of nitrogens with one attached hydrogen (secondary N) is 1. The lowest BCUT2D eigenvalue weighted by molar-refractivity contribution is 0.212. The predicted molar refractivity (Wildman–Crippen MR) is 99.3 cm³/mol. The van der Waals surface area contributed by atoms with Crippen LogP contribution in [0.3, 0.4) is 0 Å². The summed E-state index contributed by atoms with van der Waals surface area (Å²) in [7, 11) is 0. The summed E-state index contributed by atoms with van der Waals surface area (Å²) in [5, 5.41) is 13.1. The molecule has 0 saturated heterocycles. The van der Waals surface area contributed by atoms with Gasteiger partial charge in [0.1, 0.15) is 19.0 Å². The van der Waals surface area contributed by atoms with Crippen LogP contribution in [0.15, 0.2) is 78.9 Å². The molecule has 3 rings (SSSR count). The average molecular weight is 335 g/mol. The summed E-state index contributed by atoms with van der Waals surface area (Å²) in [5.41, 5.74) is 2.15. The average Bonchev–Trinajstić information content (AvgIpc) is 2.66. The number of rotatable bonds is 8. The van der Waals surface area contributed by atoms with Gasteiger partial charge in [-0.25, -0.2) is 0 Å². The summed E-state index contributed by atoms with van der Waals surface area (Å²) >= 11 is 0. The molecule has 3 aromatic carbocycles. The van der Waals surface area contributed by atoms with Crippen molar-refractivity contribution in [2.24, 2.45) is 0 Å². The van der Waals surface area contributed by atoms with Gasteiger partial charge in [-0.05, 0) is 29.8 Å². The molecule has 0 heterocycles. The first-order chi connectivity index (χ1) is 12.3. The Morgan fingerprint density at radius 1 is 0.680 bits per heavy atom. The minimum absolute atomic E-state index is 0.132. The molecule has 3 aromatic rings. The van der Waals surface area contributed by atoms with Gasteiger partial charge in [-0.3, -0.25) is 0 Å². The Kier molecular flexibility index (Phi) is 5.77. The van der Waals surface area contributed by atoms with E-state index in [2.05, 4.69) is 17.4 Å². The highest BCUT2D eigenvalue weighted by Crippen LogP contribution is 2.26. The van der Waals surface area contributed by atoms with Crippen molar-refractivity contribution in [3.8, 4) is 17.2 Å². The smallest absolute Gasteiger partial charge is 0.161 e. The zero-order chi connectivity index (χ0) is 17.3. The highest BCUT2D eigenvalue weighted by atomic mass is 16.5. The number of ether oxygens (including phenoxy) is 2. The summed E-state index contributed by atoms with van der Waals surface area (Å²) in [6.07, 6.45) is 0. The van der Waals surface area contributed by atoms with Gasteiger partial charge in [0.15, 0.2) is 11.5 Å². The first kappa shape index (κ1) is 16.7. The molecule has 2 N–H and O–H groups in total. The Morgan fingerprint density at radius 3 is 2.04 bits per heavy atom. The molecule has 0 saturated carbocycles. The summed E-state index contributed by atoms with van der Waals surface area (Å²) in [5.74, 6) is 1.37. The normalized spacial score (nSPS) is 10.2. The number of anilines is 1. The van der Waals surface area contributed by atoms with E-state index in [-0.39, 0.29) is 5.75 Å². The van der Waals surface area contributed by atoms with Crippen molar-refractivity contribution in [1.82, 2.24) is 0 Å². The number of hydrogen-bond acceptors (Lipinski definition) is 4. The van der Waals surface area contributed by atoms with Crippen LogP contribution in [0, 0.1) is 0 Å². The maximum atomic E-state index is 9.67. The van der Waals surface area contributed by atoms with Crippen molar-refractivity contribution >= 4 is 5.69 Å². The van der Waals surface area contributed by atoms with Gasteiger partial charge >= 0.3 is 0 Å². The Bertz CT molecular complexity index is 790. The first-order valence-electron chi connectivity index (χ1n) is 8.23. The van der Waals surface area contributed by atoms with Gasteiger partial charge in [0.2, 0.25) is 0 Å². The van der Waals surface area contributed by atoms with E-state index in [0.29, 0.717) is 19.0 Å². The molecule has 0 aliphatic heterocycles. The molecule has 0 aromatic heterocycles. The molecule has 0 aliphatic carbocycles. The zero-order valence-corrected chi connectivity index (χ0v) is 13.9. The highest BCUT2D eigenvalue weighted by molar-refractivity contribution is 5.56. The van der Waals surface area contributed by atoms with Crippen LogP contribution in [0.4, 0.5) is 5.69 Å². The van der Waals surface area contributed by atoms with Gasteiger partial charge < -0.3 is 19.9 Å². The zero-order valence-electron chi connectivity index (χ0n) is 13.9. The molecule has 25 heavy (non-hydrogen) atoms. The van der Waals surface area contributed by atoms with Crippen LogP contribution in [0.5, 0.6) is 17.2 Å². The summed E-state index contributed by atoms with van der Waals surface area (Å²) in [6, 6.07) is 24.9. The third-order valence-corrected chi connectivity index (χ3v) is 3.68. The molecule has 0 amide bonds. The number of hydrogen-bond donors (Lipinski definition) is 2. The Labute approximate surface area is 147 Å². The van der Waals surface area contributed by atoms with E-state index in [1.807, 2.05) is 48.5 Å². The van der Waals surface area contributed by atoms with Crippen molar-refractivity contribution in [1.29, 1.82) is 0 Å². The number of phenolic OH excluding ortho intramolecular Hbond substituents is 1. The minimum atomic E-state index is 0.132. The fourth-order valence-corrected chi connectivity index (χ4v) is 2.41. The van der Waals surface area contributed by atoms with Crippen molar-refractivity contribution in [3.05, 3.63) is 84.4 Å². The van der Waals surface area contributed by atoms with Crippen molar-refractivity contribution in [2.45, 2.75) is 6.54 Å². The fraction of sp³-hybridized carbons (Fsp3) is 0.143. The largest absolute Gasteiger partial charge is 0.504 e. The van der Waals surface area contributed by atoms with E-state index in [9.17, 15) is 5.11 Å². The Morgan fingerprint density at radius 2 is 1.28 bits per heavy atom. The quantitative estimate of drug-likeness (QED) is 0.597. The number of benzene rings is 3. The maximum Gasteiger partial charge on any atom is 0.161 e. The monoisotopic (exact) mass is 335 g/mol.